The standard InChI is InChI=1S/C10H19ClOSi/c1-6-12-10(13(3,4)5)7-9(10)8(2)11/h9H,2,6-7H2,1,3-5H3/t9-,10-/m1/s1. The quantitative estimate of drug-likeness (QED) is 0.658. The van der Waals surface area contributed by atoms with Crippen molar-refractivity contribution in [1.29, 1.82) is 0 Å². The molecule has 0 aromatic carbocycles. The van der Waals surface area contributed by atoms with Gasteiger partial charge in [0.25, 0.3) is 0 Å². The first-order valence-corrected chi connectivity index (χ1v) is 8.71. The number of hydrogen-bond donors (Lipinski definition) is 0. The third-order valence-corrected chi connectivity index (χ3v) is 6.46. The lowest BCUT2D eigenvalue weighted by atomic mass is 10.4. The zero-order valence-electron chi connectivity index (χ0n) is 8.98. The minimum atomic E-state index is -1.29. The highest BCUT2D eigenvalue weighted by molar-refractivity contribution is 6.80. The van der Waals surface area contributed by atoms with E-state index >= 15 is 0 Å². The van der Waals surface area contributed by atoms with E-state index in [1.165, 1.54) is 0 Å². The Bertz CT molecular complexity index is 221. The van der Waals surface area contributed by atoms with Crippen molar-refractivity contribution in [2.45, 2.75) is 38.2 Å². The first-order chi connectivity index (χ1) is 5.85. The summed E-state index contributed by atoms with van der Waals surface area (Å²) < 4.78 is 5.90. The van der Waals surface area contributed by atoms with Crippen LogP contribution in [0.25, 0.3) is 0 Å². The minimum Gasteiger partial charge on any atom is -0.378 e. The number of ether oxygens (including phenoxy) is 1. The molecule has 13 heavy (non-hydrogen) atoms. The van der Waals surface area contributed by atoms with E-state index in [1.54, 1.807) is 0 Å². The highest BCUT2D eigenvalue weighted by Crippen LogP contribution is 2.57. The maximum atomic E-state index is 5.95. The Balaban J connectivity index is 2.77. The molecule has 1 rings (SSSR count). The summed E-state index contributed by atoms with van der Waals surface area (Å²) >= 11 is 5.95. The van der Waals surface area contributed by atoms with E-state index in [0.717, 1.165) is 18.1 Å². The zero-order chi connectivity index (χ0) is 10.3. The predicted molar refractivity (Wildman–Crippen MR) is 60.8 cm³/mol. The van der Waals surface area contributed by atoms with Gasteiger partial charge in [-0.2, -0.15) is 0 Å². The molecule has 3 heteroatoms. The van der Waals surface area contributed by atoms with Gasteiger partial charge in [0.1, 0.15) is 0 Å². The fourth-order valence-electron chi connectivity index (χ4n) is 2.07. The molecule has 1 nitrogen and oxygen atoms in total. The van der Waals surface area contributed by atoms with Crippen molar-refractivity contribution in [3.63, 3.8) is 0 Å². The normalized spacial score (nSPS) is 33.2. The average Bonchev–Trinajstić information content (AvgIpc) is 2.63. The molecule has 76 valence electrons. The Hall–Kier alpha value is 0.207. The van der Waals surface area contributed by atoms with E-state index in [4.69, 9.17) is 16.3 Å². The fourth-order valence-corrected chi connectivity index (χ4v) is 5.03. The third kappa shape index (κ3) is 1.85. The molecule has 1 fully saturated rings. The van der Waals surface area contributed by atoms with Crippen LogP contribution in [-0.2, 0) is 4.74 Å². The smallest absolute Gasteiger partial charge is 0.0833 e. The Morgan fingerprint density at radius 1 is 1.62 bits per heavy atom. The van der Waals surface area contributed by atoms with Crippen LogP contribution in [0.5, 0.6) is 0 Å². The lowest BCUT2D eigenvalue weighted by Crippen LogP contribution is -2.44. The topological polar surface area (TPSA) is 9.23 Å². The van der Waals surface area contributed by atoms with Crippen LogP contribution in [-0.4, -0.2) is 19.9 Å². The Kier molecular flexibility index (Phi) is 2.96. The SMILES string of the molecule is C=C(Cl)[C@H]1C[C@@]1(OCC)[Si](C)(C)C. The van der Waals surface area contributed by atoms with E-state index in [9.17, 15) is 0 Å². The molecule has 2 atom stereocenters. The van der Waals surface area contributed by atoms with Gasteiger partial charge in [0, 0.05) is 17.6 Å². The molecule has 0 radical (unpaired) electrons. The lowest BCUT2D eigenvalue weighted by molar-refractivity contribution is 0.0859. The number of rotatable bonds is 4. The van der Waals surface area contributed by atoms with Crippen molar-refractivity contribution in [1.82, 2.24) is 0 Å². The van der Waals surface area contributed by atoms with Gasteiger partial charge in [0.15, 0.2) is 0 Å². The molecule has 0 aliphatic heterocycles. The maximum absolute atomic E-state index is 5.95. The molecular weight excluding hydrogens is 200 g/mol. The summed E-state index contributed by atoms with van der Waals surface area (Å²) in [5.41, 5.74) is 0. The molecule has 0 bridgehead atoms. The molecule has 0 N–H and O–H groups in total. The fraction of sp³-hybridized carbons (Fsp3) is 0.800. The third-order valence-electron chi connectivity index (χ3n) is 2.96. The van der Waals surface area contributed by atoms with Crippen LogP contribution in [0.1, 0.15) is 13.3 Å². The van der Waals surface area contributed by atoms with Gasteiger partial charge in [0.2, 0.25) is 0 Å². The molecule has 1 aliphatic rings. The van der Waals surface area contributed by atoms with Gasteiger partial charge < -0.3 is 4.74 Å². The van der Waals surface area contributed by atoms with Gasteiger partial charge in [-0.05, 0) is 13.3 Å². The molecule has 0 unspecified atom stereocenters. The Labute approximate surface area is 87.1 Å². The van der Waals surface area contributed by atoms with Gasteiger partial charge in [-0.25, -0.2) is 0 Å². The molecule has 0 amide bonds. The summed E-state index contributed by atoms with van der Waals surface area (Å²) in [7, 11) is -1.29. The van der Waals surface area contributed by atoms with E-state index in [-0.39, 0.29) is 5.22 Å². The molecule has 0 saturated heterocycles. The largest absolute Gasteiger partial charge is 0.378 e. The minimum absolute atomic E-state index is 0.0839. The average molecular weight is 219 g/mol. The van der Waals surface area contributed by atoms with Gasteiger partial charge in [0.05, 0.1) is 13.3 Å². The first kappa shape index (κ1) is 11.3. The second-order valence-electron chi connectivity index (χ2n) is 4.78. The lowest BCUT2D eigenvalue weighted by Gasteiger charge is -2.30. The van der Waals surface area contributed by atoms with Gasteiger partial charge in [-0.1, -0.05) is 37.8 Å². The highest BCUT2D eigenvalue weighted by Gasteiger charge is 2.63. The Morgan fingerprint density at radius 2 is 2.15 bits per heavy atom. The van der Waals surface area contributed by atoms with Gasteiger partial charge in [-0.3, -0.25) is 0 Å². The predicted octanol–water partition coefficient (Wildman–Crippen LogP) is 3.41. The van der Waals surface area contributed by atoms with Crippen molar-refractivity contribution >= 4 is 19.7 Å². The summed E-state index contributed by atoms with van der Waals surface area (Å²) in [6.07, 6.45) is 1.08. The second kappa shape index (κ2) is 3.41. The molecule has 0 aromatic rings. The molecule has 0 spiro atoms. The van der Waals surface area contributed by atoms with Crippen LogP contribution >= 0.6 is 11.6 Å². The van der Waals surface area contributed by atoms with E-state index in [0.29, 0.717) is 5.92 Å². The van der Waals surface area contributed by atoms with Crippen LogP contribution in [0.4, 0.5) is 0 Å². The molecule has 1 saturated carbocycles. The van der Waals surface area contributed by atoms with Crippen LogP contribution < -0.4 is 0 Å². The monoisotopic (exact) mass is 218 g/mol. The van der Waals surface area contributed by atoms with Gasteiger partial charge >= 0.3 is 0 Å². The van der Waals surface area contributed by atoms with E-state index in [1.807, 2.05) is 6.92 Å². The van der Waals surface area contributed by atoms with Crippen molar-refractivity contribution in [2.75, 3.05) is 6.61 Å². The summed E-state index contributed by atoms with van der Waals surface area (Å²) in [5.74, 6) is 0.404. The van der Waals surface area contributed by atoms with Crippen LogP contribution in [0.15, 0.2) is 11.6 Å². The molecular formula is C10H19ClOSi. The summed E-state index contributed by atoms with van der Waals surface area (Å²) in [6, 6.07) is 0. The van der Waals surface area contributed by atoms with Crippen molar-refractivity contribution in [3.05, 3.63) is 11.6 Å². The summed E-state index contributed by atoms with van der Waals surface area (Å²) in [5, 5.41) is 0.858. The van der Waals surface area contributed by atoms with Crippen LogP contribution in [0, 0.1) is 5.92 Å². The molecule has 0 heterocycles. The van der Waals surface area contributed by atoms with Crippen LogP contribution in [0.2, 0.25) is 19.6 Å². The maximum Gasteiger partial charge on any atom is 0.0833 e. The van der Waals surface area contributed by atoms with E-state index in [2.05, 4.69) is 26.2 Å². The molecule has 0 aromatic heterocycles. The van der Waals surface area contributed by atoms with Crippen molar-refractivity contribution < 1.29 is 4.74 Å². The summed E-state index contributed by atoms with van der Waals surface area (Å²) in [6.45, 7) is 13.7. The van der Waals surface area contributed by atoms with Crippen LogP contribution in [0.3, 0.4) is 0 Å². The number of halogens is 1. The second-order valence-corrected chi connectivity index (χ2v) is 10.6. The zero-order valence-corrected chi connectivity index (χ0v) is 10.7. The number of hydrogen-bond acceptors (Lipinski definition) is 1. The summed E-state index contributed by atoms with van der Waals surface area (Å²) in [4.78, 5) is 0. The van der Waals surface area contributed by atoms with E-state index < -0.39 is 8.07 Å². The van der Waals surface area contributed by atoms with Gasteiger partial charge in [-0.15, -0.1) is 0 Å². The molecule has 1 aliphatic carbocycles. The highest BCUT2D eigenvalue weighted by atomic mass is 35.5. The van der Waals surface area contributed by atoms with Crippen molar-refractivity contribution in [3.8, 4) is 0 Å². The first-order valence-electron chi connectivity index (χ1n) is 4.83. The van der Waals surface area contributed by atoms with Crippen molar-refractivity contribution in [2.24, 2.45) is 5.92 Å². The Morgan fingerprint density at radius 3 is 2.38 bits per heavy atom.